The molecule has 0 aliphatic rings. The van der Waals surface area contributed by atoms with Gasteiger partial charge in [-0.2, -0.15) is 0 Å². The van der Waals surface area contributed by atoms with Crippen molar-refractivity contribution < 1.29 is 4.42 Å². The zero-order valence-corrected chi connectivity index (χ0v) is 31.2. The molecule has 0 saturated carbocycles. The summed E-state index contributed by atoms with van der Waals surface area (Å²) in [5.74, 6) is 1.78. The summed E-state index contributed by atoms with van der Waals surface area (Å²) >= 11 is 0. The third kappa shape index (κ3) is 5.21. The van der Waals surface area contributed by atoms with Crippen LogP contribution >= 0.6 is 0 Å². The maximum atomic E-state index is 6.69. The van der Waals surface area contributed by atoms with Crippen LogP contribution in [0.5, 0.6) is 0 Å². The Morgan fingerprint density at radius 2 is 0.966 bits per heavy atom. The van der Waals surface area contributed by atoms with E-state index < -0.39 is 0 Å². The molecule has 0 N–H and O–H groups in total. The molecule has 3 heterocycles. The fraction of sp³-hybridized carbons (Fsp3) is 0. The third-order valence-electron chi connectivity index (χ3n) is 11.4. The Morgan fingerprint density at radius 3 is 1.78 bits per heavy atom. The molecule has 3 aromatic heterocycles. The molecular formula is C53H32N4O. The van der Waals surface area contributed by atoms with Gasteiger partial charge in [-0.1, -0.05) is 146 Å². The van der Waals surface area contributed by atoms with Crippen molar-refractivity contribution in [3.05, 3.63) is 194 Å². The Labute approximate surface area is 333 Å². The molecule has 9 aromatic carbocycles. The van der Waals surface area contributed by atoms with Gasteiger partial charge < -0.3 is 8.98 Å². The Balaban J connectivity index is 1.13. The van der Waals surface area contributed by atoms with Gasteiger partial charge in [-0.25, -0.2) is 15.0 Å². The Morgan fingerprint density at radius 1 is 0.345 bits per heavy atom. The van der Waals surface area contributed by atoms with Crippen molar-refractivity contribution in [3.63, 3.8) is 0 Å². The fourth-order valence-electron chi connectivity index (χ4n) is 8.62. The molecule has 0 atom stereocenters. The van der Waals surface area contributed by atoms with Crippen LogP contribution in [0.2, 0.25) is 0 Å². The number of para-hydroxylation sites is 2. The Bertz CT molecular complexity index is 3570. The van der Waals surface area contributed by atoms with Gasteiger partial charge in [0.1, 0.15) is 11.2 Å². The SMILES string of the molecule is c1ccc(-c2ccc3ccc(-c4nc(-c5ccccc5)nc(-c5cc(-n6c7ccccc7c7cc8ccccc8cc76)cc6oc7ccccc7c56)n4)cc3c2)cc1. The van der Waals surface area contributed by atoms with E-state index in [-0.39, 0.29) is 0 Å². The molecule has 12 rings (SSSR count). The van der Waals surface area contributed by atoms with Crippen LogP contribution in [0.3, 0.4) is 0 Å². The van der Waals surface area contributed by atoms with Gasteiger partial charge >= 0.3 is 0 Å². The highest BCUT2D eigenvalue weighted by Gasteiger charge is 2.22. The number of hydrogen-bond acceptors (Lipinski definition) is 4. The summed E-state index contributed by atoms with van der Waals surface area (Å²) in [6.07, 6.45) is 0. The van der Waals surface area contributed by atoms with Crippen LogP contribution < -0.4 is 0 Å². The predicted octanol–water partition coefficient (Wildman–Crippen LogP) is 13.8. The summed E-state index contributed by atoms with van der Waals surface area (Å²) in [6.45, 7) is 0. The monoisotopic (exact) mass is 740 g/mol. The number of nitrogens with zero attached hydrogens (tertiary/aromatic N) is 4. The molecule has 0 amide bonds. The van der Waals surface area contributed by atoms with Crippen LogP contribution in [0.1, 0.15) is 0 Å². The average molecular weight is 741 g/mol. The quantitative estimate of drug-likeness (QED) is 0.176. The first-order chi connectivity index (χ1) is 28.7. The minimum Gasteiger partial charge on any atom is -0.456 e. The number of benzene rings is 9. The maximum absolute atomic E-state index is 6.69. The lowest BCUT2D eigenvalue weighted by atomic mass is 9.99. The summed E-state index contributed by atoms with van der Waals surface area (Å²) in [6, 6.07) is 68.1. The van der Waals surface area contributed by atoms with Gasteiger partial charge in [0.15, 0.2) is 17.5 Å². The third-order valence-corrected chi connectivity index (χ3v) is 11.4. The summed E-state index contributed by atoms with van der Waals surface area (Å²) in [5.41, 5.74) is 9.81. The van der Waals surface area contributed by atoms with E-state index in [2.05, 4.69) is 162 Å². The number of aromatic nitrogens is 4. The molecule has 5 nitrogen and oxygen atoms in total. The first-order valence-corrected chi connectivity index (χ1v) is 19.5. The van der Waals surface area contributed by atoms with Crippen LogP contribution in [-0.2, 0) is 0 Å². The number of fused-ring (bicyclic) bond motifs is 8. The van der Waals surface area contributed by atoms with E-state index in [0.29, 0.717) is 17.5 Å². The van der Waals surface area contributed by atoms with E-state index in [0.717, 1.165) is 71.7 Å². The van der Waals surface area contributed by atoms with E-state index >= 15 is 0 Å². The highest BCUT2D eigenvalue weighted by Crippen LogP contribution is 2.41. The summed E-state index contributed by atoms with van der Waals surface area (Å²) in [4.78, 5) is 15.8. The van der Waals surface area contributed by atoms with Crippen LogP contribution in [0, 0.1) is 0 Å². The summed E-state index contributed by atoms with van der Waals surface area (Å²) < 4.78 is 9.04. The maximum Gasteiger partial charge on any atom is 0.164 e. The lowest BCUT2D eigenvalue weighted by Crippen LogP contribution is -2.02. The van der Waals surface area contributed by atoms with Gasteiger partial charge in [0.25, 0.3) is 0 Å². The van der Waals surface area contributed by atoms with Crippen molar-refractivity contribution in [1.82, 2.24) is 19.5 Å². The molecule has 0 spiro atoms. The van der Waals surface area contributed by atoms with Crippen molar-refractivity contribution >= 4 is 65.3 Å². The van der Waals surface area contributed by atoms with E-state index in [1.165, 1.54) is 27.1 Å². The molecule has 58 heavy (non-hydrogen) atoms. The first kappa shape index (κ1) is 32.4. The molecule has 0 aliphatic heterocycles. The standard InChI is InChI=1S/C53H32N4O/c1-3-13-33(14-4-1)38-25-23-34-24-26-39(28-40(34)27-38)52-54-51(35-15-5-2-6-16-35)55-53(56-52)45-31-41(32-49-50(45)43-20-10-12-22-48(43)58-49)57-46-21-11-9-19-42(46)44-29-36-17-7-8-18-37(36)30-47(44)57/h1-32H. The van der Waals surface area contributed by atoms with E-state index in [9.17, 15) is 0 Å². The summed E-state index contributed by atoms with van der Waals surface area (Å²) in [5, 5.41) is 9.02. The van der Waals surface area contributed by atoms with Gasteiger partial charge in [-0.3, -0.25) is 0 Å². The largest absolute Gasteiger partial charge is 0.456 e. The van der Waals surface area contributed by atoms with E-state index in [4.69, 9.17) is 19.4 Å². The van der Waals surface area contributed by atoms with Crippen molar-refractivity contribution in [1.29, 1.82) is 0 Å². The molecule has 0 unspecified atom stereocenters. The smallest absolute Gasteiger partial charge is 0.164 e. The first-order valence-electron chi connectivity index (χ1n) is 19.5. The molecule has 12 aromatic rings. The molecule has 0 bridgehead atoms. The van der Waals surface area contributed by atoms with Gasteiger partial charge in [0.2, 0.25) is 0 Å². The second kappa shape index (κ2) is 12.8. The number of hydrogen-bond donors (Lipinski definition) is 0. The van der Waals surface area contributed by atoms with E-state index in [1.807, 2.05) is 36.4 Å². The topological polar surface area (TPSA) is 56.7 Å². The molecular weight excluding hydrogens is 709 g/mol. The highest BCUT2D eigenvalue weighted by atomic mass is 16.3. The molecule has 0 aliphatic carbocycles. The number of rotatable bonds is 5. The van der Waals surface area contributed by atoms with Crippen LogP contribution in [0.15, 0.2) is 199 Å². The van der Waals surface area contributed by atoms with Crippen molar-refractivity contribution in [2.45, 2.75) is 0 Å². The van der Waals surface area contributed by atoms with Crippen molar-refractivity contribution in [3.8, 4) is 51.0 Å². The second-order valence-corrected chi connectivity index (χ2v) is 14.8. The van der Waals surface area contributed by atoms with Gasteiger partial charge in [-0.05, 0) is 75.1 Å². The molecule has 270 valence electrons. The summed E-state index contributed by atoms with van der Waals surface area (Å²) in [7, 11) is 0. The van der Waals surface area contributed by atoms with Crippen molar-refractivity contribution in [2.75, 3.05) is 0 Å². The normalized spacial score (nSPS) is 11.8. The minimum absolute atomic E-state index is 0.576. The Hall–Kier alpha value is -7.89. The van der Waals surface area contributed by atoms with Crippen LogP contribution in [-0.4, -0.2) is 19.5 Å². The predicted molar refractivity (Wildman–Crippen MR) is 238 cm³/mol. The second-order valence-electron chi connectivity index (χ2n) is 14.8. The fourth-order valence-corrected chi connectivity index (χ4v) is 8.62. The van der Waals surface area contributed by atoms with Crippen LogP contribution in [0.25, 0.3) is 116 Å². The molecule has 5 heteroatoms. The van der Waals surface area contributed by atoms with E-state index in [1.54, 1.807) is 0 Å². The zero-order chi connectivity index (χ0) is 38.2. The van der Waals surface area contributed by atoms with Gasteiger partial charge in [0.05, 0.1) is 16.7 Å². The lowest BCUT2D eigenvalue weighted by molar-refractivity contribution is 0.668. The van der Waals surface area contributed by atoms with Crippen molar-refractivity contribution in [2.24, 2.45) is 0 Å². The zero-order valence-electron chi connectivity index (χ0n) is 31.2. The molecule has 0 radical (unpaired) electrons. The molecule has 0 fully saturated rings. The number of furan rings is 1. The Kier molecular flexibility index (Phi) is 7.16. The minimum atomic E-state index is 0.576. The van der Waals surface area contributed by atoms with Crippen LogP contribution in [0.4, 0.5) is 0 Å². The average Bonchev–Trinajstić information content (AvgIpc) is 3.83. The van der Waals surface area contributed by atoms with Gasteiger partial charge in [-0.15, -0.1) is 0 Å². The lowest BCUT2D eigenvalue weighted by Gasteiger charge is -2.13. The molecule has 0 saturated heterocycles. The van der Waals surface area contributed by atoms with Gasteiger partial charge in [0, 0.05) is 44.3 Å². The highest BCUT2D eigenvalue weighted by molar-refractivity contribution is 6.16.